The van der Waals surface area contributed by atoms with Gasteiger partial charge in [-0.05, 0) is 67.6 Å². The Morgan fingerprint density at radius 2 is 1.69 bits per heavy atom. The van der Waals surface area contributed by atoms with Crippen molar-refractivity contribution < 1.29 is 19.1 Å². The zero-order valence-corrected chi connectivity index (χ0v) is 17.2. The summed E-state index contributed by atoms with van der Waals surface area (Å²) in [6.07, 6.45) is 2.46. The first-order valence-electron chi connectivity index (χ1n) is 9.50. The quantitative estimate of drug-likeness (QED) is 0.383. The number of fused-ring (bicyclic) bond motifs is 1. The normalized spacial score (nSPS) is 23.8. The monoisotopic (exact) mass is 431 g/mol. The van der Waals surface area contributed by atoms with Crippen LogP contribution in [0.4, 0.5) is 5.69 Å². The number of carbonyl (C=O) groups excluding carboxylic acids is 3. The maximum atomic E-state index is 12.8. The topological polar surface area (TPSA) is 63.7 Å². The van der Waals surface area contributed by atoms with E-state index >= 15 is 0 Å². The van der Waals surface area contributed by atoms with Gasteiger partial charge in [-0.25, -0.2) is 4.79 Å². The Bertz CT molecular complexity index is 989. The van der Waals surface area contributed by atoms with E-state index in [4.69, 9.17) is 27.9 Å². The van der Waals surface area contributed by atoms with E-state index < -0.39 is 5.97 Å². The van der Waals surface area contributed by atoms with E-state index in [0.717, 1.165) is 19.3 Å². The minimum atomic E-state index is -0.595. The van der Waals surface area contributed by atoms with Crippen LogP contribution in [-0.2, 0) is 9.59 Å². The van der Waals surface area contributed by atoms with Crippen LogP contribution in [0.15, 0.2) is 42.5 Å². The summed E-state index contributed by atoms with van der Waals surface area (Å²) < 4.78 is 5.31. The highest BCUT2D eigenvalue weighted by Gasteiger charge is 2.49. The van der Waals surface area contributed by atoms with Crippen LogP contribution < -0.4 is 9.64 Å². The molecule has 5 nitrogen and oxygen atoms in total. The third-order valence-electron chi connectivity index (χ3n) is 5.65. The highest BCUT2D eigenvalue weighted by Crippen LogP contribution is 2.42. The molecule has 150 valence electrons. The van der Waals surface area contributed by atoms with Crippen LogP contribution in [-0.4, -0.2) is 17.8 Å². The number of imide groups is 1. The highest BCUT2D eigenvalue weighted by atomic mass is 35.5. The molecule has 1 aliphatic heterocycles. The first kappa shape index (κ1) is 19.9. The van der Waals surface area contributed by atoms with Crippen molar-refractivity contribution in [2.45, 2.75) is 26.2 Å². The molecule has 1 aliphatic carbocycles. The summed E-state index contributed by atoms with van der Waals surface area (Å²) in [4.78, 5) is 39.2. The largest absolute Gasteiger partial charge is 0.421 e. The van der Waals surface area contributed by atoms with E-state index in [2.05, 4.69) is 6.92 Å². The minimum Gasteiger partial charge on any atom is -0.421 e. The lowest BCUT2D eigenvalue weighted by atomic mass is 9.76. The lowest BCUT2D eigenvalue weighted by molar-refractivity contribution is -0.122. The smallest absolute Gasteiger partial charge is 0.343 e. The lowest BCUT2D eigenvalue weighted by Gasteiger charge is -2.25. The third-order valence-corrected chi connectivity index (χ3v) is 6.18. The molecular weight excluding hydrogens is 413 g/mol. The van der Waals surface area contributed by atoms with Crippen molar-refractivity contribution in [3.63, 3.8) is 0 Å². The fraction of sp³-hybridized carbons (Fsp3) is 0.318. The van der Waals surface area contributed by atoms with Crippen molar-refractivity contribution in [1.82, 2.24) is 0 Å². The van der Waals surface area contributed by atoms with Crippen LogP contribution in [0.3, 0.4) is 0 Å². The van der Waals surface area contributed by atoms with Crippen LogP contribution in [0, 0.1) is 17.8 Å². The molecule has 0 aromatic heterocycles. The third kappa shape index (κ3) is 3.77. The average molecular weight is 432 g/mol. The van der Waals surface area contributed by atoms with Gasteiger partial charge >= 0.3 is 5.97 Å². The molecule has 1 saturated heterocycles. The predicted molar refractivity (Wildman–Crippen MR) is 110 cm³/mol. The first-order valence-corrected chi connectivity index (χ1v) is 10.3. The molecule has 2 fully saturated rings. The molecule has 0 bridgehead atoms. The Balaban J connectivity index is 1.51. The minimum absolute atomic E-state index is 0.143. The van der Waals surface area contributed by atoms with Gasteiger partial charge in [0, 0.05) is 5.02 Å². The first-order chi connectivity index (χ1) is 13.8. The Morgan fingerprint density at radius 1 is 1.00 bits per heavy atom. The van der Waals surface area contributed by atoms with Crippen molar-refractivity contribution in [2.24, 2.45) is 17.8 Å². The number of halogens is 2. The number of hydrogen-bond donors (Lipinski definition) is 0. The summed E-state index contributed by atoms with van der Waals surface area (Å²) in [5.74, 6) is -0.691. The molecule has 1 saturated carbocycles. The number of benzene rings is 2. The Hall–Kier alpha value is -2.37. The second kappa shape index (κ2) is 7.81. The van der Waals surface area contributed by atoms with Crippen LogP contribution in [0.25, 0.3) is 0 Å². The number of anilines is 1. The molecule has 29 heavy (non-hydrogen) atoms. The van der Waals surface area contributed by atoms with Gasteiger partial charge in [-0.15, -0.1) is 0 Å². The van der Waals surface area contributed by atoms with E-state index in [1.807, 2.05) is 0 Å². The number of nitrogens with zero attached hydrogens (tertiary/aromatic N) is 1. The van der Waals surface area contributed by atoms with Crippen molar-refractivity contribution >= 4 is 46.7 Å². The second-order valence-electron chi connectivity index (χ2n) is 7.65. The predicted octanol–water partition coefficient (Wildman–Crippen LogP) is 5.14. The molecule has 7 heteroatoms. The zero-order valence-electron chi connectivity index (χ0n) is 15.7. The molecule has 2 aromatic rings. The fourth-order valence-electron chi connectivity index (χ4n) is 4.11. The van der Waals surface area contributed by atoms with Crippen molar-refractivity contribution in [2.75, 3.05) is 4.90 Å². The highest BCUT2D eigenvalue weighted by molar-refractivity contribution is 6.35. The number of carbonyl (C=O) groups is 3. The van der Waals surface area contributed by atoms with E-state index in [1.165, 1.54) is 29.2 Å². The molecule has 3 atom stereocenters. The number of hydrogen-bond acceptors (Lipinski definition) is 4. The van der Waals surface area contributed by atoms with Gasteiger partial charge in [0.2, 0.25) is 11.8 Å². The van der Waals surface area contributed by atoms with Gasteiger partial charge in [0.15, 0.2) is 0 Å². The van der Waals surface area contributed by atoms with Gasteiger partial charge in [0.05, 0.1) is 28.1 Å². The average Bonchev–Trinajstić information content (AvgIpc) is 2.94. The maximum absolute atomic E-state index is 12.8. The summed E-state index contributed by atoms with van der Waals surface area (Å²) in [6, 6.07) is 10.8. The Labute approximate surface area is 178 Å². The molecule has 1 heterocycles. The van der Waals surface area contributed by atoms with Gasteiger partial charge in [0.1, 0.15) is 5.75 Å². The number of ether oxygens (including phenoxy) is 1. The van der Waals surface area contributed by atoms with Crippen molar-refractivity contribution in [3.8, 4) is 5.75 Å². The Morgan fingerprint density at radius 3 is 2.38 bits per heavy atom. The van der Waals surface area contributed by atoms with Crippen LogP contribution >= 0.6 is 23.2 Å². The van der Waals surface area contributed by atoms with Gasteiger partial charge < -0.3 is 4.74 Å². The number of amides is 2. The molecular formula is C22H19Cl2NO4. The van der Waals surface area contributed by atoms with Gasteiger partial charge in [0.25, 0.3) is 0 Å². The second-order valence-corrected chi connectivity index (χ2v) is 8.50. The lowest BCUT2D eigenvalue weighted by Crippen LogP contribution is -2.30. The summed E-state index contributed by atoms with van der Waals surface area (Å²) in [5, 5.41) is 0.668. The number of rotatable bonds is 3. The van der Waals surface area contributed by atoms with Gasteiger partial charge in [-0.1, -0.05) is 30.1 Å². The summed E-state index contributed by atoms with van der Waals surface area (Å²) in [7, 11) is 0. The fourth-order valence-corrected chi connectivity index (χ4v) is 4.55. The SMILES string of the molecule is C[C@@H]1CC[C@@H]2C(=O)N(c3ccc(C(=O)Oc4ccc(Cl)cc4Cl)cc3)C(=O)[C@H]2C1. The maximum Gasteiger partial charge on any atom is 0.343 e. The zero-order chi connectivity index (χ0) is 20.7. The molecule has 4 rings (SSSR count). The molecule has 0 N–H and O–H groups in total. The van der Waals surface area contributed by atoms with Crippen molar-refractivity contribution in [3.05, 3.63) is 58.1 Å². The molecule has 0 unspecified atom stereocenters. The molecule has 2 amide bonds. The van der Waals surface area contributed by atoms with E-state index in [0.29, 0.717) is 16.6 Å². The van der Waals surface area contributed by atoms with Crippen LogP contribution in [0.1, 0.15) is 36.5 Å². The van der Waals surface area contributed by atoms with E-state index in [-0.39, 0.29) is 40.0 Å². The van der Waals surface area contributed by atoms with Crippen LogP contribution in [0.5, 0.6) is 5.75 Å². The molecule has 2 aliphatic rings. The molecule has 2 aromatic carbocycles. The summed E-state index contributed by atoms with van der Waals surface area (Å²) >= 11 is 11.9. The molecule has 0 radical (unpaired) electrons. The van der Waals surface area contributed by atoms with Crippen molar-refractivity contribution in [1.29, 1.82) is 0 Å². The molecule has 0 spiro atoms. The van der Waals surface area contributed by atoms with Crippen LogP contribution in [0.2, 0.25) is 10.0 Å². The Kier molecular flexibility index (Phi) is 5.36. The van der Waals surface area contributed by atoms with Gasteiger partial charge in [-0.3, -0.25) is 14.5 Å². The van der Waals surface area contributed by atoms with E-state index in [9.17, 15) is 14.4 Å². The van der Waals surface area contributed by atoms with Gasteiger partial charge in [-0.2, -0.15) is 0 Å². The van der Waals surface area contributed by atoms with E-state index in [1.54, 1.807) is 18.2 Å². The summed E-state index contributed by atoms with van der Waals surface area (Å²) in [5.41, 5.74) is 0.757. The standard InChI is InChI=1S/C22H19Cl2NO4/c1-12-2-8-16-17(10-12)21(27)25(20(16)26)15-6-3-13(4-7-15)22(28)29-19-9-5-14(23)11-18(19)24/h3-7,9,11-12,16-17H,2,8,10H2,1H3/t12-,16+,17+/m1/s1. The number of esters is 1. The summed E-state index contributed by atoms with van der Waals surface area (Å²) in [6.45, 7) is 2.12.